The molecule has 0 aliphatic carbocycles. The lowest BCUT2D eigenvalue weighted by atomic mass is 10.2. The van der Waals surface area contributed by atoms with E-state index in [9.17, 15) is 0 Å². The van der Waals surface area contributed by atoms with Gasteiger partial charge in [0.1, 0.15) is 6.10 Å². The van der Waals surface area contributed by atoms with Crippen LogP contribution >= 0.6 is 0 Å². The summed E-state index contributed by atoms with van der Waals surface area (Å²) < 4.78 is 10.7. The summed E-state index contributed by atoms with van der Waals surface area (Å²) in [7, 11) is 0. The lowest BCUT2D eigenvalue weighted by Crippen LogP contribution is -2.04. The molecular weight excluding hydrogens is 152 g/mol. The van der Waals surface area contributed by atoms with Gasteiger partial charge in [0.25, 0.3) is 0 Å². The van der Waals surface area contributed by atoms with Gasteiger partial charge in [0.2, 0.25) is 0 Å². The molecule has 0 N–H and O–H groups in total. The Morgan fingerprint density at radius 3 is 2.58 bits per heavy atom. The molecule has 0 radical (unpaired) electrons. The number of hydrogen-bond donors (Lipinski definition) is 0. The van der Waals surface area contributed by atoms with Gasteiger partial charge in [-0.3, -0.25) is 0 Å². The van der Waals surface area contributed by atoms with Crippen molar-refractivity contribution in [1.82, 2.24) is 0 Å². The predicted molar refractivity (Wildman–Crippen MR) is 49.3 cm³/mol. The Balaban J connectivity index is 1.72. The van der Waals surface area contributed by atoms with Gasteiger partial charge >= 0.3 is 0 Å². The molecule has 2 heteroatoms. The fourth-order valence-electron chi connectivity index (χ4n) is 1.24. The molecule has 1 saturated heterocycles. The van der Waals surface area contributed by atoms with Crippen molar-refractivity contribution in [2.45, 2.75) is 51.7 Å². The van der Waals surface area contributed by atoms with Gasteiger partial charge in [-0.15, -0.1) is 0 Å². The molecule has 2 atom stereocenters. The van der Waals surface area contributed by atoms with Crippen molar-refractivity contribution < 1.29 is 9.47 Å². The van der Waals surface area contributed by atoms with Gasteiger partial charge in [0, 0.05) is 6.61 Å². The molecule has 0 aromatic carbocycles. The van der Waals surface area contributed by atoms with Crippen molar-refractivity contribution in [2.75, 3.05) is 13.2 Å². The first kappa shape index (κ1) is 10.0. The van der Waals surface area contributed by atoms with Gasteiger partial charge in [-0.2, -0.15) is 0 Å². The maximum absolute atomic E-state index is 5.45. The molecule has 0 aromatic heterocycles. The van der Waals surface area contributed by atoms with Gasteiger partial charge in [-0.05, 0) is 13.3 Å². The SMILES string of the molecule is CCCCCCOCC1OC1C. The van der Waals surface area contributed by atoms with Crippen LogP contribution in [-0.2, 0) is 9.47 Å². The van der Waals surface area contributed by atoms with Crippen LogP contribution in [0.2, 0.25) is 0 Å². The monoisotopic (exact) mass is 172 g/mol. The molecule has 2 nitrogen and oxygen atoms in total. The summed E-state index contributed by atoms with van der Waals surface area (Å²) in [5.41, 5.74) is 0. The highest BCUT2D eigenvalue weighted by molar-refractivity contribution is 4.79. The second-order valence-corrected chi connectivity index (χ2v) is 3.52. The van der Waals surface area contributed by atoms with E-state index in [0.717, 1.165) is 13.2 Å². The highest BCUT2D eigenvalue weighted by Crippen LogP contribution is 2.20. The molecule has 72 valence electrons. The molecule has 0 bridgehead atoms. The standard InChI is InChI=1S/C10H20O2/c1-3-4-5-6-7-11-8-10-9(2)12-10/h9-10H,3-8H2,1-2H3. The quantitative estimate of drug-likeness (QED) is 0.434. The minimum atomic E-state index is 0.399. The van der Waals surface area contributed by atoms with E-state index in [4.69, 9.17) is 9.47 Å². The van der Waals surface area contributed by atoms with Crippen molar-refractivity contribution in [3.05, 3.63) is 0 Å². The van der Waals surface area contributed by atoms with Crippen molar-refractivity contribution in [1.29, 1.82) is 0 Å². The summed E-state index contributed by atoms with van der Waals surface area (Å²) >= 11 is 0. The summed E-state index contributed by atoms with van der Waals surface area (Å²) in [5.74, 6) is 0. The topological polar surface area (TPSA) is 21.8 Å². The lowest BCUT2D eigenvalue weighted by molar-refractivity contribution is 0.113. The smallest absolute Gasteiger partial charge is 0.107 e. The van der Waals surface area contributed by atoms with Crippen molar-refractivity contribution in [3.8, 4) is 0 Å². The van der Waals surface area contributed by atoms with Crippen LogP contribution in [-0.4, -0.2) is 25.4 Å². The Morgan fingerprint density at radius 2 is 2.00 bits per heavy atom. The Labute approximate surface area is 75.2 Å². The van der Waals surface area contributed by atoms with Crippen molar-refractivity contribution >= 4 is 0 Å². The zero-order chi connectivity index (χ0) is 8.81. The van der Waals surface area contributed by atoms with Crippen LogP contribution in [0.15, 0.2) is 0 Å². The Kier molecular flexibility index (Phi) is 4.62. The van der Waals surface area contributed by atoms with E-state index in [0.29, 0.717) is 12.2 Å². The predicted octanol–water partition coefficient (Wildman–Crippen LogP) is 2.37. The third-order valence-electron chi connectivity index (χ3n) is 2.26. The zero-order valence-electron chi connectivity index (χ0n) is 8.21. The van der Waals surface area contributed by atoms with E-state index in [1.165, 1.54) is 25.7 Å². The molecule has 0 aromatic rings. The Morgan fingerprint density at radius 1 is 1.25 bits per heavy atom. The molecule has 0 amide bonds. The van der Waals surface area contributed by atoms with E-state index in [1.807, 2.05) is 0 Å². The summed E-state index contributed by atoms with van der Waals surface area (Å²) in [5, 5.41) is 0. The molecule has 1 heterocycles. The molecule has 0 spiro atoms. The fourth-order valence-corrected chi connectivity index (χ4v) is 1.24. The second-order valence-electron chi connectivity index (χ2n) is 3.52. The summed E-state index contributed by atoms with van der Waals surface area (Å²) in [6, 6.07) is 0. The fraction of sp³-hybridized carbons (Fsp3) is 1.00. The molecule has 2 unspecified atom stereocenters. The highest BCUT2D eigenvalue weighted by atomic mass is 16.6. The van der Waals surface area contributed by atoms with E-state index in [-0.39, 0.29) is 0 Å². The normalized spacial score (nSPS) is 27.5. The maximum atomic E-state index is 5.45. The molecular formula is C10H20O2. The van der Waals surface area contributed by atoms with Gasteiger partial charge in [0.15, 0.2) is 0 Å². The van der Waals surface area contributed by atoms with Crippen LogP contribution in [0.4, 0.5) is 0 Å². The van der Waals surface area contributed by atoms with Gasteiger partial charge < -0.3 is 9.47 Å². The minimum absolute atomic E-state index is 0.399. The average Bonchev–Trinajstić information content (AvgIpc) is 2.74. The summed E-state index contributed by atoms with van der Waals surface area (Å²) in [6.07, 6.45) is 5.98. The third kappa shape index (κ3) is 4.07. The van der Waals surface area contributed by atoms with E-state index in [1.54, 1.807) is 0 Å². The zero-order valence-corrected chi connectivity index (χ0v) is 8.21. The van der Waals surface area contributed by atoms with Crippen LogP contribution in [0.1, 0.15) is 39.5 Å². The van der Waals surface area contributed by atoms with Gasteiger partial charge in [0.05, 0.1) is 12.7 Å². The molecule has 12 heavy (non-hydrogen) atoms. The van der Waals surface area contributed by atoms with E-state index < -0.39 is 0 Å². The number of hydrogen-bond acceptors (Lipinski definition) is 2. The van der Waals surface area contributed by atoms with E-state index >= 15 is 0 Å². The van der Waals surface area contributed by atoms with Crippen molar-refractivity contribution in [2.24, 2.45) is 0 Å². The molecule has 1 rings (SSSR count). The maximum Gasteiger partial charge on any atom is 0.107 e. The molecule has 1 aliphatic heterocycles. The van der Waals surface area contributed by atoms with Crippen molar-refractivity contribution in [3.63, 3.8) is 0 Å². The van der Waals surface area contributed by atoms with Crippen LogP contribution in [0.5, 0.6) is 0 Å². The minimum Gasteiger partial charge on any atom is -0.379 e. The van der Waals surface area contributed by atoms with E-state index in [2.05, 4.69) is 13.8 Å². The third-order valence-corrected chi connectivity index (χ3v) is 2.26. The largest absolute Gasteiger partial charge is 0.379 e. The first-order chi connectivity index (χ1) is 5.84. The highest BCUT2D eigenvalue weighted by Gasteiger charge is 2.33. The number of rotatable bonds is 7. The van der Waals surface area contributed by atoms with Crippen LogP contribution < -0.4 is 0 Å². The van der Waals surface area contributed by atoms with Crippen LogP contribution in [0, 0.1) is 0 Å². The number of unbranched alkanes of at least 4 members (excludes halogenated alkanes) is 3. The first-order valence-electron chi connectivity index (χ1n) is 5.07. The summed E-state index contributed by atoms with van der Waals surface area (Å²) in [6.45, 7) is 6.02. The van der Waals surface area contributed by atoms with Crippen LogP contribution in [0.3, 0.4) is 0 Å². The average molecular weight is 172 g/mol. The van der Waals surface area contributed by atoms with Gasteiger partial charge in [-0.1, -0.05) is 26.2 Å². The summed E-state index contributed by atoms with van der Waals surface area (Å²) in [4.78, 5) is 0. The second kappa shape index (κ2) is 5.55. The molecule has 1 aliphatic rings. The first-order valence-corrected chi connectivity index (χ1v) is 5.07. The van der Waals surface area contributed by atoms with Crippen LogP contribution in [0.25, 0.3) is 0 Å². The molecule has 1 fully saturated rings. The molecule has 0 saturated carbocycles. The Hall–Kier alpha value is -0.0800. The lowest BCUT2D eigenvalue weighted by Gasteiger charge is -2.00. The Bertz CT molecular complexity index is 114. The number of epoxide rings is 1. The van der Waals surface area contributed by atoms with Gasteiger partial charge in [-0.25, -0.2) is 0 Å². The number of ether oxygens (including phenoxy) is 2.